The normalized spacial score (nSPS) is 31.0. The second-order valence-electron chi connectivity index (χ2n) is 8.37. The average molecular weight is 372 g/mol. The SMILES string of the molecule is CC(COC(=O)[C@H]1CCNC1)(COC(=O)[C@H]1[C@H]2CN[C@@H]1C2)c1ccccc1. The van der Waals surface area contributed by atoms with Gasteiger partial charge in [0, 0.05) is 12.6 Å². The van der Waals surface area contributed by atoms with Crippen molar-refractivity contribution in [2.45, 2.75) is 31.2 Å². The highest BCUT2D eigenvalue weighted by Gasteiger charge is 2.51. The molecule has 0 aromatic heterocycles. The third-order valence-corrected chi connectivity index (χ3v) is 6.34. The van der Waals surface area contributed by atoms with E-state index in [1.165, 1.54) is 0 Å². The van der Waals surface area contributed by atoms with Gasteiger partial charge in [-0.1, -0.05) is 30.3 Å². The Balaban J connectivity index is 1.40. The molecule has 1 aromatic carbocycles. The van der Waals surface area contributed by atoms with E-state index in [2.05, 4.69) is 10.6 Å². The van der Waals surface area contributed by atoms with Gasteiger partial charge in [-0.3, -0.25) is 9.59 Å². The van der Waals surface area contributed by atoms with Crippen molar-refractivity contribution in [2.75, 3.05) is 32.8 Å². The van der Waals surface area contributed by atoms with Crippen molar-refractivity contribution in [3.63, 3.8) is 0 Å². The predicted molar refractivity (Wildman–Crippen MR) is 100 cm³/mol. The fourth-order valence-corrected chi connectivity index (χ4v) is 4.41. The number of esters is 2. The molecule has 1 aromatic rings. The Morgan fingerprint density at radius 3 is 2.44 bits per heavy atom. The van der Waals surface area contributed by atoms with E-state index in [1.807, 2.05) is 37.3 Å². The van der Waals surface area contributed by atoms with Gasteiger partial charge in [-0.15, -0.1) is 0 Å². The zero-order valence-corrected chi connectivity index (χ0v) is 15.8. The number of nitrogens with one attached hydrogen (secondary N) is 2. The second-order valence-corrected chi connectivity index (χ2v) is 8.37. The van der Waals surface area contributed by atoms with Crippen LogP contribution in [0.5, 0.6) is 0 Å². The molecular formula is C21H28N2O4. The number of hydrogen-bond donors (Lipinski definition) is 2. The number of fused-ring (bicyclic) bond motifs is 1. The zero-order valence-electron chi connectivity index (χ0n) is 15.8. The Kier molecular flexibility index (Phi) is 5.19. The number of rotatable bonds is 7. The van der Waals surface area contributed by atoms with E-state index >= 15 is 0 Å². The van der Waals surface area contributed by atoms with Crippen LogP contribution in [0.3, 0.4) is 0 Å². The van der Waals surface area contributed by atoms with E-state index in [1.54, 1.807) is 0 Å². The Hall–Kier alpha value is -1.92. The van der Waals surface area contributed by atoms with Gasteiger partial charge in [-0.05, 0) is 44.3 Å². The van der Waals surface area contributed by atoms with Gasteiger partial charge in [0.2, 0.25) is 0 Å². The molecule has 2 bridgehead atoms. The minimum absolute atomic E-state index is 0.0165. The number of carbonyl (C=O) groups is 2. The van der Waals surface area contributed by atoms with E-state index in [9.17, 15) is 9.59 Å². The summed E-state index contributed by atoms with van der Waals surface area (Å²) in [6.07, 6.45) is 1.89. The first-order chi connectivity index (χ1) is 13.1. The van der Waals surface area contributed by atoms with Gasteiger partial charge in [-0.2, -0.15) is 0 Å². The molecule has 1 saturated carbocycles. The average Bonchev–Trinajstić information content (AvgIpc) is 3.43. The molecule has 0 spiro atoms. The lowest BCUT2D eigenvalue weighted by Gasteiger charge is -2.34. The van der Waals surface area contributed by atoms with Crippen LogP contribution in [-0.4, -0.2) is 50.8 Å². The molecule has 5 atom stereocenters. The Morgan fingerprint density at radius 2 is 1.85 bits per heavy atom. The molecular weight excluding hydrogens is 344 g/mol. The van der Waals surface area contributed by atoms with Crippen LogP contribution in [0, 0.1) is 17.8 Å². The van der Waals surface area contributed by atoms with Gasteiger partial charge < -0.3 is 20.1 Å². The minimum Gasteiger partial charge on any atom is -0.464 e. The number of carbonyl (C=O) groups excluding carboxylic acids is 2. The molecule has 4 aliphatic rings. The number of benzene rings is 1. The first kappa shape index (κ1) is 18.4. The highest BCUT2D eigenvalue weighted by atomic mass is 16.5. The summed E-state index contributed by atoms with van der Waals surface area (Å²) in [6.45, 7) is 4.84. The van der Waals surface area contributed by atoms with E-state index in [4.69, 9.17) is 9.47 Å². The lowest BCUT2D eigenvalue weighted by Crippen LogP contribution is -2.45. The maximum absolute atomic E-state index is 12.5. The smallest absolute Gasteiger partial charge is 0.310 e. The van der Waals surface area contributed by atoms with E-state index in [0.717, 1.165) is 31.5 Å². The van der Waals surface area contributed by atoms with Gasteiger partial charge >= 0.3 is 11.9 Å². The first-order valence-corrected chi connectivity index (χ1v) is 9.90. The van der Waals surface area contributed by atoms with Crippen molar-refractivity contribution in [3.05, 3.63) is 35.9 Å². The lowest BCUT2D eigenvalue weighted by molar-refractivity contribution is -0.158. The highest BCUT2D eigenvalue weighted by Crippen LogP contribution is 2.41. The zero-order chi connectivity index (χ0) is 18.9. The molecule has 146 valence electrons. The second kappa shape index (κ2) is 7.60. The summed E-state index contributed by atoms with van der Waals surface area (Å²) >= 11 is 0. The summed E-state index contributed by atoms with van der Waals surface area (Å²) in [7, 11) is 0. The summed E-state index contributed by atoms with van der Waals surface area (Å²) in [6, 6.07) is 10.1. The number of ether oxygens (including phenoxy) is 2. The van der Waals surface area contributed by atoms with Crippen molar-refractivity contribution >= 4 is 11.9 Å². The number of hydrogen-bond acceptors (Lipinski definition) is 6. The molecule has 3 heterocycles. The fraction of sp³-hybridized carbons (Fsp3) is 0.619. The van der Waals surface area contributed by atoms with E-state index in [0.29, 0.717) is 12.5 Å². The molecule has 27 heavy (non-hydrogen) atoms. The van der Waals surface area contributed by atoms with Gasteiger partial charge in [-0.25, -0.2) is 0 Å². The van der Waals surface area contributed by atoms with Crippen LogP contribution in [0.1, 0.15) is 25.3 Å². The van der Waals surface area contributed by atoms with Crippen LogP contribution in [0.25, 0.3) is 0 Å². The largest absolute Gasteiger partial charge is 0.464 e. The van der Waals surface area contributed by atoms with Crippen LogP contribution in [0.2, 0.25) is 0 Å². The fourth-order valence-electron chi connectivity index (χ4n) is 4.41. The molecule has 5 rings (SSSR count). The van der Waals surface area contributed by atoms with Crippen LogP contribution >= 0.6 is 0 Å². The maximum atomic E-state index is 12.5. The lowest BCUT2D eigenvalue weighted by atomic mass is 9.74. The summed E-state index contributed by atoms with van der Waals surface area (Å²) in [4.78, 5) is 24.9. The molecule has 2 N–H and O–H groups in total. The third kappa shape index (κ3) is 3.73. The van der Waals surface area contributed by atoms with Crippen molar-refractivity contribution in [1.29, 1.82) is 0 Å². The molecule has 6 nitrogen and oxygen atoms in total. The van der Waals surface area contributed by atoms with Crippen molar-refractivity contribution in [1.82, 2.24) is 10.6 Å². The van der Waals surface area contributed by atoms with Gasteiger partial charge in [0.15, 0.2) is 0 Å². The van der Waals surface area contributed by atoms with Crippen LogP contribution in [-0.2, 0) is 24.5 Å². The van der Waals surface area contributed by atoms with Gasteiger partial charge in [0.25, 0.3) is 0 Å². The van der Waals surface area contributed by atoms with E-state index < -0.39 is 5.41 Å². The summed E-state index contributed by atoms with van der Waals surface area (Å²) in [5.74, 6) is 0.0176. The van der Waals surface area contributed by atoms with Crippen LogP contribution in [0.4, 0.5) is 0 Å². The van der Waals surface area contributed by atoms with Crippen molar-refractivity contribution in [2.24, 2.45) is 17.8 Å². The third-order valence-electron chi connectivity index (χ3n) is 6.34. The van der Waals surface area contributed by atoms with Crippen LogP contribution < -0.4 is 10.6 Å². The predicted octanol–water partition coefficient (Wildman–Crippen LogP) is 1.25. The molecule has 1 unspecified atom stereocenters. The van der Waals surface area contributed by atoms with Crippen molar-refractivity contribution in [3.8, 4) is 0 Å². The summed E-state index contributed by atoms with van der Waals surface area (Å²) in [5, 5.41) is 6.53. The molecule has 4 fully saturated rings. The quantitative estimate of drug-likeness (QED) is 0.702. The molecule has 3 aliphatic heterocycles. The Morgan fingerprint density at radius 1 is 1.11 bits per heavy atom. The first-order valence-electron chi connectivity index (χ1n) is 9.90. The standard InChI is InChI=1S/C21H28N2O4/c1-21(16-5-3-2-4-6-16,12-26-19(24)14-7-8-22-10-14)13-27-20(25)18-15-9-17(18)23-11-15/h2-6,14-15,17-18,22-23H,7-13H2,1H3/t14-,15+,17+,18-,21?/m0/s1. The molecule has 0 radical (unpaired) electrons. The molecule has 6 heteroatoms. The Bertz CT molecular complexity index is 675. The Labute approximate surface area is 160 Å². The molecule has 3 saturated heterocycles. The summed E-state index contributed by atoms with van der Waals surface area (Å²) in [5.41, 5.74) is 0.444. The van der Waals surface area contributed by atoms with Crippen molar-refractivity contribution < 1.29 is 19.1 Å². The molecule has 1 aliphatic carbocycles. The van der Waals surface area contributed by atoms with Gasteiger partial charge in [0.1, 0.15) is 13.2 Å². The minimum atomic E-state index is -0.561. The van der Waals surface area contributed by atoms with Crippen LogP contribution in [0.15, 0.2) is 30.3 Å². The summed E-state index contributed by atoms with van der Waals surface area (Å²) < 4.78 is 11.4. The topological polar surface area (TPSA) is 76.7 Å². The maximum Gasteiger partial charge on any atom is 0.310 e. The monoisotopic (exact) mass is 372 g/mol. The molecule has 0 amide bonds. The van der Waals surface area contributed by atoms with Gasteiger partial charge in [0.05, 0.1) is 17.3 Å². The highest BCUT2D eigenvalue weighted by molar-refractivity contribution is 5.76. The van der Waals surface area contributed by atoms with E-state index in [-0.39, 0.29) is 43.0 Å².